The van der Waals surface area contributed by atoms with Gasteiger partial charge in [-0.1, -0.05) is 13.8 Å². The van der Waals surface area contributed by atoms with Crippen LogP contribution in [0.3, 0.4) is 0 Å². The molecular formula is C11H23NO2. The second-order valence-corrected chi connectivity index (χ2v) is 4.66. The van der Waals surface area contributed by atoms with Crippen molar-refractivity contribution in [2.24, 2.45) is 5.41 Å². The van der Waals surface area contributed by atoms with Gasteiger partial charge in [-0.15, -0.1) is 0 Å². The third kappa shape index (κ3) is 4.40. The lowest BCUT2D eigenvalue weighted by Crippen LogP contribution is -2.25. The Balaban J connectivity index is 1.77. The molecule has 14 heavy (non-hydrogen) atoms. The Kier molecular flexibility index (Phi) is 4.85. The minimum absolute atomic E-state index is 0.524. The third-order valence-corrected chi connectivity index (χ3v) is 2.79. The van der Waals surface area contributed by atoms with Crippen molar-refractivity contribution >= 4 is 0 Å². The molecule has 1 aliphatic carbocycles. The quantitative estimate of drug-likeness (QED) is 0.603. The van der Waals surface area contributed by atoms with Gasteiger partial charge in [0.15, 0.2) is 0 Å². The highest BCUT2D eigenvalue weighted by atomic mass is 16.5. The maximum absolute atomic E-state index is 5.44. The molecule has 0 aromatic rings. The van der Waals surface area contributed by atoms with Crippen molar-refractivity contribution in [2.75, 3.05) is 33.5 Å². The topological polar surface area (TPSA) is 30.5 Å². The molecule has 0 radical (unpaired) electrons. The Morgan fingerprint density at radius 1 is 1.29 bits per heavy atom. The lowest BCUT2D eigenvalue weighted by Gasteiger charge is -2.07. The zero-order valence-corrected chi connectivity index (χ0v) is 9.64. The largest absolute Gasteiger partial charge is 0.385 e. The summed E-state index contributed by atoms with van der Waals surface area (Å²) in [6.45, 7) is 7.98. The molecule has 0 amide bonds. The molecule has 0 saturated heterocycles. The van der Waals surface area contributed by atoms with Crippen molar-refractivity contribution in [2.45, 2.75) is 32.7 Å². The normalized spacial score (nSPS) is 23.8. The molecule has 0 spiro atoms. The average molecular weight is 201 g/mol. The highest BCUT2D eigenvalue weighted by Gasteiger charge is 2.44. The van der Waals surface area contributed by atoms with Gasteiger partial charge in [0.2, 0.25) is 0 Å². The molecule has 1 N–H and O–H groups in total. The molecule has 0 aromatic heterocycles. The summed E-state index contributed by atoms with van der Waals surface area (Å²) >= 11 is 0. The molecular weight excluding hydrogens is 178 g/mol. The number of ether oxygens (including phenoxy) is 2. The van der Waals surface area contributed by atoms with E-state index in [-0.39, 0.29) is 0 Å². The second kappa shape index (κ2) is 5.69. The summed E-state index contributed by atoms with van der Waals surface area (Å²) in [6.07, 6.45) is 2.29. The fourth-order valence-corrected chi connectivity index (χ4v) is 1.53. The first kappa shape index (κ1) is 12.0. The molecule has 0 heterocycles. The van der Waals surface area contributed by atoms with E-state index in [9.17, 15) is 0 Å². The van der Waals surface area contributed by atoms with Crippen molar-refractivity contribution in [3.8, 4) is 0 Å². The molecule has 3 nitrogen and oxygen atoms in total. The highest BCUT2D eigenvalue weighted by molar-refractivity contribution is 5.01. The molecule has 3 heteroatoms. The second-order valence-electron chi connectivity index (χ2n) is 4.66. The molecule has 1 rings (SSSR count). The first-order valence-corrected chi connectivity index (χ1v) is 5.47. The van der Waals surface area contributed by atoms with Crippen LogP contribution in [0, 0.1) is 5.41 Å². The monoisotopic (exact) mass is 201 g/mol. The zero-order chi connectivity index (χ0) is 10.4. The maximum atomic E-state index is 5.44. The lowest BCUT2D eigenvalue weighted by molar-refractivity contribution is 0.104. The van der Waals surface area contributed by atoms with Crippen LogP contribution in [0.2, 0.25) is 0 Å². The van der Waals surface area contributed by atoms with Crippen LogP contribution in [-0.2, 0) is 9.47 Å². The van der Waals surface area contributed by atoms with Gasteiger partial charge in [-0.3, -0.25) is 0 Å². The van der Waals surface area contributed by atoms with Crippen LogP contribution < -0.4 is 5.32 Å². The van der Waals surface area contributed by atoms with Crippen LogP contribution in [0.25, 0.3) is 0 Å². The Bertz CT molecular complexity index is 159. The minimum Gasteiger partial charge on any atom is -0.385 e. The van der Waals surface area contributed by atoms with Crippen LogP contribution in [0.1, 0.15) is 26.7 Å². The lowest BCUT2D eigenvalue weighted by atomic mass is 10.2. The first-order chi connectivity index (χ1) is 6.67. The van der Waals surface area contributed by atoms with Gasteiger partial charge in [0.05, 0.1) is 6.61 Å². The average Bonchev–Trinajstić information content (AvgIpc) is 2.73. The summed E-state index contributed by atoms with van der Waals surface area (Å²) < 4.78 is 10.4. The van der Waals surface area contributed by atoms with Gasteiger partial charge >= 0.3 is 0 Å². The van der Waals surface area contributed by atoms with Gasteiger partial charge in [0.1, 0.15) is 0 Å². The van der Waals surface area contributed by atoms with Gasteiger partial charge in [0, 0.05) is 32.9 Å². The molecule has 1 atom stereocenters. The van der Waals surface area contributed by atoms with Gasteiger partial charge in [-0.2, -0.15) is 0 Å². The van der Waals surface area contributed by atoms with Gasteiger partial charge in [0.25, 0.3) is 0 Å². The van der Waals surface area contributed by atoms with Crippen LogP contribution in [0.5, 0.6) is 0 Å². The predicted molar refractivity (Wildman–Crippen MR) is 57.5 cm³/mol. The minimum atomic E-state index is 0.524. The van der Waals surface area contributed by atoms with E-state index in [0.717, 1.165) is 32.8 Å². The van der Waals surface area contributed by atoms with Gasteiger partial charge in [-0.05, 0) is 18.3 Å². The van der Waals surface area contributed by atoms with E-state index in [4.69, 9.17) is 9.47 Å². The van der Waals surface area contributed by atoms with Crippen molar-refractivity contribution in [3.05, 3.63) is 0 Å². The number of nitrogens with one attached hydrogen (secondary N) is 1. The Hall–Kier alpha value is -0.120. The molecule has 0 aliphatic heterocycles. The van der Waals surface area contributed by atoms with E-state index in [1.54, 1.807) is 7.11 Å². The van der Waals surface area contributed by atoms with Crippen LogP contribution in [0.4, 0.5) is 0 Å². The predicted octanol–water partition coefficient (Wildman–Crippen LogP) is 1.43. The third-order valence-electron chi connectivity index (χ3n) is 2.79. The SMILES string of the molecule is COCCCOCCNC1CC1(C)C. The van der Waals surface area contributed by atoms with E-state index in [1.807, 2.05) is 0 Å². The maximum Gasteiger partial charge on any atom is 0.0591 e. The van der Waals surface area contributed by atoms with E-state index in [1.165, 1.54) is 6.42 Å². The fraction of sp³-hybridized carbons (Fsp3) is 1.00. The van der Waals surface area contributed by atoms with Crippen LogP contribution in [0.15, 0.2) is 0 Å². The molecule has 1 aliphatic rings. The van der Waals surface area contributed by atoms with Crippen molar-refractivity contribution < 1.29 is 9.47 Å². The molecule has 0 aromatic carbocycles. The summed E-state index contributed by atoms with van der Waals surface area (Å²) in [6, 6.07) is 0.713. The smallest absolute Gasteiger partial charge is 0.0591 e. The summed E-state index contributed by atoms with van der Waals surface area (Å²) in [5.74, 6) is 0. The summed E-state index contributed by atoms with van der Waals surface area (Å²) in [7, 11) is 1.72. The van der Waals surface area contributed by atoms with E-state index in [0.29, 0.717) is 11.5 Å². The number of methoxy groups -OCH3 is 1. The molecule has 1 unspecified atom stereocenters. The number of hydrogen-bond acceptors (Lipinski definition) is 3. The Labute approximate surface area is 87.2 Å². The Morgan fingerprint density at radius 2 is 2.00 bits per heavy atom. The summed E-state index contributed by atoms with van der Waals surface area (Å²) in [5, 5.41) is 3.48. The van der Waals surface area contributed by atoms with Gasteiger partial charge < -0.3 is 14.8 Å². The summed E-state index contributed by atoms with van der Waals surface area (Å²) in [5.41, 5.74) is 0.524. The van der Waals surface area contributed by atoms with E-state index in [2.05, 4.69) is 19.2 Å². The standard InChI is InChI=1S/C11H23NO2/c1-11(2)9-10(11)12-5-8-14-7-4-6-13-3/h10,12H,4-9H2,1-3H3. The van der Waals surface area contributed by atoms with Gasteiger partial charge in [-0.25, -0.2) is 0 Å². The van der Waals surface area contributed by atoms with Crippen LogP contribution in [-0.4, -0.2) is 39.5 Å². The van der Waals surface area contributed by atoms with E-state index < -0.39 is 0 Å². The highest BCUT2D eigenvalue weighted by Crippen LogP contribution is 2.44. The summed E-state index contributed by atoms with van der Waals surface area (Å²) in [4.78, 5) is 0. The van der Waals surface area contributed by atoms with Crippen molar-refractivity contribution in [3.63, 3.8) is 0 Å². The van der Waals surface area contributed by atoms with Crippen LogP contribution >= 0.6 is 0 Å². The number of rotatable bonds is 8. The van der Waals surface area contributed by atoms with E-state index >= 15 is 0 Å². The molecule has 1 fully saturated rings. The van der Waals surface area contributed by atoms with Crippen molar-refractivity contribution in [1.82, 2.24) is 5.32 Å². The molecule has 0 bridgehead atoms. The Morgan fingerprint density at radius 3 is 2.57 bits per heavy atom. The molecule has 1 saturated carbocycles. The zero-order valence-electron chi connectivity index (χ0n) is 9.64. The number of hydrogen-bond donors (Lipinski definition) is 1. The van der Waals surface area contributed by atoms with Crippen molar-refractivity contribution in [1.29, 1.82) is 0 Å². The fourth-order valence-electron chi connectivity index (χ4n) is 1.53. The molecule has 84 valence electrons. The first-order valence-electron chi connectivity index (χ1n) is 5.47.